The smallest absolute Gasteiger partial charge is 0.0705 e. The Balaban J connectivity index is 1.83. The lowest BCUT2D eigenvalue weighted by Gasteiger charge is -2.22. The summed E-state index contributed by atoms with van der Waals surface area (Å²) in [6.07, 6.45) is 2.31. The van der Waals surface area contributed by atoms with Crippen molar-refractivity contribution in [3.63, 3.8) is 0 Å². The molecule has 1 aliphatic rings. The van der Waals surface area contributed by atoms with Crippen LogP contribution < -0.4 is 10.6 Å². The van der Waals surface area contributed by atoms with Crippen LogP contribution in [0.1, 0.15) is 12.8 Å². The van der Waals surface area contributed by atoms with E-state index in [9.17, 15) is 0 Å². The normalized spacial score (nSPS) is 17.1. The van der Waals surface area contributed by atoms with Crippen LogP contribution in [0.2, 0.25) is 0 Å². The molecule has 86 valence electrons. The molecule has 1 saturated heterocycles. The summed E-state index contributed by atoms with van der Waals surface area (Å²) >= 11 is 0. The quantitative estimate of drug-likeness (QED) is 0.762. The molecule has 0 amide bonds. The fourth-order valence-electron chi connectivity index (χ4n) is 1.93. The minimum atomic E-state index is 0.725. The Kier molecular flexibility index (Phi) is 4.05. The van der Waals surface area contributed by atoms with E-state index in [4.69, 9.17) is 11.8 Å². The maximum absolute atomic E-state index is 5.36. The van der Waals surface area contributed by atoms with Gasteiger partial charge in [-0.15, -0.1) is 0 Å². The Morgan fingerprint density at radius 1 is 1.25 bits per heavy atom. The third-order valence-electron chi connectivity index (χ3n) is 2.96. The first kappa shape index (κ1) is 11.3. The second-order valence-electron chi connectivity index (χ2n) is 4.16. The minimum absolute atomic E-state index is 0.725. The average Bonchev–Trinajstić information content (AvgIpc) is 2.38. The van der Waals surface area contributed by atoms with Gasteiger partial charge in [0.15, 0.2) is 0 Å². The molecule has 2 rings (SSSR count). The van der Waals surface area contributed by atoms with Gasteiger partial charge in [-0.3, -0.25) is 0 Å². The largest absolute Gasteiger partial charge is 0.385 e. The molecule has 16 heavy (non-hydrogen) atoms. The summed E-state index contributed by atoms with van der Waals surface area (Å²) in [6, 6.07) is 8.00. The van der Waals surface area contributed by atoms with Crippen LogP contribution in [0, 0.1) is 13.0 Å². The second-order valence-corrected chi connectivity index (χ2v) is 4.16. The highest BCUT2D eigenvalue weighted by Crippen LogP contribution is 2.18. The predicted octanol–water partition coefficient (Wildman–Crippen LogP) is 2.61. The third-order valence-corrected chi connectivity index (χ3v) is 2.96. The number of nitrogens with one attached hydrogen (secondary N) is 2. The van der Waals surface area contributed by atoms with E-state index in [1.165, 1.54) is 0 Å². The van der Waals surface area contributed by atoms with Crippen molar-refractivity contribution in [2.24, 2.45) is 5.92 Å². The SMILES string of the molecule is [CH]Nc1cccc(NCC2CCOCC2)c1. The van der Waals surface area contributed by atoms with E-state index in [1.807, 2.05) is 18.2 Å². The Morgan fingerprint density at radius 3 is 2.75 bits per heavy atom. The topological polar surface area (TPSA) is 33.3 Å². The van der Waals surface area contributed by atoms with Gasteiger partial charge >= 0.3 is 0 Å². The molecule has 0 bridgehead atoms. The number of anilines is 2. The molecule has 0 spiro atoms. The molecule has 2 N–H and O–H groups in total. The van der Waals surface area contributed by atoms with Crippen molar-refractivity contribution in [3.05, 3.63) is 31.3 Å². The van der Waals surface area contributed by atoms with Crippen molar-refractivity contribution in [1.82, 2.24) is 0 Å². The molecular weight excluding hydrogens is 200 g/mol. The van der Waals surface area contributed by atoms with Crippen LogP contribution in [0.4, 0.5) is 11.4 Å². The highest BCUT2D eigenvalue weighted by atomic mass is 16.5. The zero-order valence-corrected chi connectivity index (χ0v) is 9.41. The van der Waals surface area contributed by atoms with E-state index in [1.54, 1.807) is 0 Å². The van der Waals surface area contributed by atoms with Crippen molar-refractivity contribution in [2.45, 2.75) is 12.8 Å². The fraction of sp³-hybridized carbons (Fsp3) is 0.462. The summed E-state index contributed by atoms with van der Waals surface area (Å²) in [7, 11) is 5.36. The van der Waals surface area contributed by atoms with Gasteiger partial charge in [0.1, 0.15) is 0 Å². The van der Waals surface area contributed by atoms with Crippen LogP contribution in [0.15, 0.2) is 24.3 Å². The average molecular weight is 218 g/mol. The maximum atomic E-state index is 5.36. The Morgan fingerprint density at radius 2 is 2.00 bits per heavy atom. The number of hydrogen-bond acceptors (Lipinski definition) is 3. The van der Waals surface area contributed by atoms with Gasteiger partial charge < -0.3 is 15.4 Å². The summed E-state index contributed by atoms with van der Waals surface area (Å²) in [5.74, 6) is 0.725. The lowest BCUT2D eigenvalue weighted by molar-refractivity contribution is 0.0699. The predicted molar refractivity (Wildman–Crippen MR) is 66.4 cm³/mol. The van der Waals surface area contributed by atoms with E-state index >= 15 is 0 Å². The van der Waals surface area contributed by atoms with Gasteiger partial charge in [0, 0.05) is 31.1 Å². The van der Waals surface area contributed by atoms with Gasteiger partial charge in [0.25, 0.3) is 0 Å². The number of ether oxygens (including phenoxy) is 1. The molecule has 0 unspecified atom stereocenters. The summed E-state index contributed by atoms with van der Waals surface area (Å²) < 4.78 is 5.33. The molecule has 1 fully saturated rings. The van der Waals surface area contributed by atoms with Crippen molar-refractivity contribution < 1.29 is 4.74 Å². The van der Waals surface area contributed by atoms with Crippen molar-refractivity contribution in [2.75, 3.05) is 30.4 Å². The lowest BCUT2D eigenvalue weighted by Crippen LogP contribution is -2.22. The molecule has 0 saturated carbocycles. The van der Waals surface area contributed by atoms with Gasteiger partial charge in [-0.1, -0.05) is 6.07 Å². The van der Waals surface area contributed by atoms with Gasteiger partial charge in [0.2, 0.25) is 0 Å². The van der Waals surface area contributed by atoms with Gasteiger partial charge in [0.05, 0.1) is 7.05 Å². The highest BCUT2D eigenvalue weighted by molar-refractivity contribution is 5.56. The first-order valence-corrected chi connectivity index (χ1v) is 5.77. The summed E-state index contributed by atoms with van der Waals surface area (Å²) in [5, 5.41) is 6.08. The van der Waals surface area contributed by atoms with E-state index in [2.05, 4.69) is 16.7 Å². The van der Waals surface area contributed by atoms with Crippen LogP contribution >= 0.6 is 0 Å². The zero-order chi connectivity index (χ0) is 11.2. The van der Waals surface area contributed by atoms with Crippen LogP contribution in [-0.2, 0) is 4.74 Å². The standard InChI is InChI=1S/C13H18N2O/c1-14-12-3-2-4-13(9-12)15-10-11-5-7-16-8-6-11/h1-4,9,11,14-15H,5-8,10H2. The summed E-state index contributed by atoms with van der Waals surface area (Å²) in [6.45, 7) is 2.81. The third kappa shape index (κ3) is 3.14. The van der Waals surface area contributed by atoms with Crippen LogP contribution in [0.3, 0.4) is 0 Å². The lowest BCUT2D eigenvalue weighted by atomic mass is 10.0. The molecule has 0 aromatic heterocycles. The molecule has 1 heterocycles. The molecule has 0 atom stereocenters. The Bertz CT molecular complexity index is 321. The number of benzene rings is 1. The zero-order valence-electron chi connectivity index (χ0n) is 9.41. The monoisotopic (exact) mass is 218 g/mol. The van der Waals surface area contributed by atoms with Gasteiger partial charge in [-0.05, 0) is 37.0 Å². The fourth-order valence-corrected chi connectivity index (χ4v) is 1.93. The van der Waals surface area contributed by atoms with Crippen LogP contribution in [0.5, 0.6) is 0 Å². The molecular formula is C13H18N2O. The number of rotatable bonds is 4. The first-order chi connectivity index (χ1) is 7.88. The van der Waals surface area contributed by atoms with Crippen molar-refractivity contribution >= 4 is 11.4 Å². The van der Waals surface area contributed by atoms with Gasteiger partial charge in [-0.25, -0.2) is 0 Å². The van der Waals surface area contributed by atoms with Crippen LogP contribution in [-0.4, -0.2) is 19.8 Å². The van der Waals surface area contributed by atoms with Crippen molar-refractivity contribution in [1.29, 1.82) is 0 Å². The Hall–Kier alpha value is -1.22. The highest BCUT2D eigenvalue weighted by Gasteiger charge is 2.12. The van der Waals surface area contributed by atoms with Gasteiger partial charge in [-0.2, -0.15) is 0 Å². The molecule has 3 heteroatoms. The molecule has 2 radical (unpaired) electrons. The molecule has 1 aromatic carbocycles. The molecule has 3 nitrogen and oxygen atoms in total. The molecule has 1 aromatic rings. The van der Waals surface area contributed by atoms with Crippen molar-refractivity contribution in [3.8, 4) is 0 Å². The minimum Gasteiger partial charge on any atom is -0.385 e. The molecule has 1 aliphatic heterocycles. The van der Waals surface area contributed by atoms with E-state index < -0.39 is 0 Å². The van der Waals surface area contributed by atoms with E-state index in [0.29, 0.717) is 0 Å². The maximum Gasteiger partial charge on any atom is 0.0705 e. The molecule has 0 aliphatic carbocycles. The van der Waals surface area contributed by atoms with E-state index in [-0.39, 0.29) is 0 Å². The second kappa shape index (κ2) is 5.75. The number of hydrogen-bond donors (Lipinski definition) is 2. The summed E-state index contributed by atoms with van der Waals surface area (Å²) in [4.78, 5) is 0. The van der Waals surface area contributed by atoms with Crippen LogP contribution in [0.25, 0.3) is 0 Å². The first-order valence-electron chi connectivity index (χ1n) is 5.77. The summed E-state index contributed by atoms with van der Waals surface area (Å²) in [5.41, 5.74) is 2.04. The Labute approximate surface area is 97.2 Å². The van der Waals surface area contributed by atoms with E-state index in [0.717, 1.165) is 49.9 Å².